The first-order valence-corrected chi connectivity index (χ1v) is 13.0. The van der Waals surface area contributed by atoms with Crippen molar-refractivity contribution in [3.05, 3.63) is 54.6 Å². The molecule has 184 valence electrons. The van der Waals surface area contributed by atoms with Gasteiger partial charge in [-0.25, -0.2) is 0 Å². The standard InChI is InChI=1S/C29H30N4O3/c34-22-12-18-4-1-2-6-24(18)26(14-22)19-7-10-25-27(13-19)31-29(36-17-23-5-3-11-35-23)32-28(25)33-15-20-8-9-21(16-33)30-20/h1-2,4,6-7,10,12-14,20-21,23,30,34H,3,5,8-9,11,15-17H2. The second-order valence-corrected chi connectivity index (χ2v) is 10.3. The number of nitrogens with zero attached hydrogens (tertiary/aromatic N) is 3. The lowest BCUT2D eigenvalue weighted by Crippen LogP contribution is -2.51. The number of benzene rings is 3. The third-order valence-corrected chi connectivity index (χ3v) is 7.75. The molecule has 3 aliphatic rings. The highest BCUT2D eigenvalue weighted by molar-refractivity contribution is 6.00. The zero-order valence-electron chi connectivity index (χ0n) is 20.2. The van der Waals surface area contributed by atoms with Crippen LogP contribution in [0.1, 0.15) is 25.7 Å². The molecule has 3 unspecified atom stereocenters. The van der Waals surface area contributed by atoms with Crippen LogP contribution >= 0.6 is 0 Å². The molecular formula is C29H30N4O3. The summed E-state index contributed by atoms with van der Waals surface area (Å²) in [5, 5.41) is 17.2. The topological polar surface area (TPSA) is 79.7 Å². The van der Waals surface area contributed by atoms with Gasteiger partial charge < -0.3 is 24.8 Å². The number of fused-ring (bicyclic) bond motifs is 4. The summed E-state index contributed by atoms with van der Waals surface area (Å²) < 4.78 is 11.9. The molecule has 7 rings (SSSR count). The minimum absolute atomic E-state index is 0.104. The highest BCUT2D eigenvalue weighted by Gasteiger charge is 2.33. The van der Waals surface area contributed by atoms with Crippen molar-refractivity contribution in [2.75, 3.05) is 31.2 Å². The Balaban J connectivity index is 1.32. The minimum atomic E-state index is 0.104. The van der Waals surface area contributed by atoms with E-state index in [0.29, 0.717) is 24.7 Å². The Hall–Kier alpha value is -3.42. The van der Waals surface area contributed by atoms with E-state index in [2.05, 4.69) is 34.5 Å². The number of piperazine rings is 1. The van der Waals surface area contributed by atoms with E-state index in [1.165, 1.54) is 12.8 Å². The second kappa shape index (κ2) is 8.91. The second-order valence-electron chi connectivity index (χ2n) is 10.3. The third-order valence-electron chi connectivity index (χ3n) is 7.75. The van der Waals surface area contributed by atoms with E-state index in [1.807, 2.05) is 24.3 Å². The number of rotatable bonds is 5. The molecule has 3 aliphatic heterocycles. The maximum absolute atomic E-state index is 10.4. The zero-order chi connectivity index (χ0) is 24.1. The predicted octanol–water partition coefficient (Wildman–Crippen LogP) is 4.65. The summed E-state index contributed by atoms with van der Waals surface area (Å²) >= 11 is 0. The number of phenols is 1. The SMILES string of the molecule is Oc1cc(-c2ccc3c(N4CC5CCC(C4)N5)nc(OCC4CCCO4)nc3c2)c2ccccc2c1. The van der Waals surface area contributed by atoms with Crippen LogP contribution in [-0.4, -0.2) is 59.6 Å². The minimum Gasteiger partial charge on any atom is -0.508 e. The van der Waals surface area contributed by atoms with Crippen LogP contribution in [0.15, 0.2) is 54.6 Å². The van der Waals surface area contributed by atoms with E-state index in [0.717, 1.165) is 71.2 Å². The highest BCUT2D eigenvalue weighted by atomic mass is 16.5. The molecule has 36 heavy (non-hydrogen) atoms. The maximum atomic E-state index is 10.4. The lowest BCUT2D eigenvalue weighted by Gasteiger charge is -2.34. The molecule has 3 saturated heterocycles. The summed E-state index contributed by atoms with van der Waals surface area (Å²) in [5.74, 6) is 1.19. The van der Waals surface area contributed by atoms with E-state index >= 15 is 0 Å². The summed E-state index contributed by atoms with van der Waals surface area (Å²) in [6.07, 6.45) is 4.61. The Morgan fingerprint density at radius 2 is 1.83 bits per heavy atom. The molecular weight excluding hydrogens is 452 g/mol. The van der Waals surface area contributed by atoms with Gasteiger partial charge in [0.15, 0.2) is 0 Å². The van der Waals surface area contributed by atoms with Gasteiger partial charge >= 0.3 is 6.01 Å². The van der Waals surface area contributed by atoms with Crippen LogP contribution in [0.3, 0.4) is 0 Å². The fraction of sp³-hybridized carbons (Fsp3) is 0.379. The number of hydrogen-bond acceptors (Lipinski definition) is 7. The number of phenolic OH excluding ortho intramolecular Hbond substituents is 1. The summed E-state index contributed by atoms with van der Waals surface area (Å²) in [6, 6.07) is 19.5. The van der Waals surface area contributed by atoms with Gasteiger partial charge in [0.1, 0.15) is 18.2 Å². The van der Waals surface area contributed by atoms with Crippen molar-refractivity contribution < 1.29 is 14.6 Å². The molecule has 7 heteroatoms. The molecule has 3 fully saturated rings. The van der Waals surface area contributed by atoms with Gasteiger partial charge in [-0.3, -0.25) is 0 Å². The number of hydrogen-bond donors (Lipinski definition) is 2. The molecule has 0 radical (unpaired) electrons. The summed E-state index contributed by atoms with van der Waals surface area (Å²) in [4.78, 5) is 12.2. The zero-order valence-corrected chi connectivity index (χ0v) is 20.2. The predicted molar refractivity (Wildman–Crippen MR) is 141 cm³/mol. The summed E-state index contributed by atoms with van der Waals surface area (Å²) in [5.41, 5.74) is 2.83. The largest absolute Gasteiger partial charge is 0.508 e. The smallest absolute Gasteiger partial charge is 0.319 e. The van der Waals surface area contributed by atoms with Crippen molar-refractivity contribution in [1.82, 2.24) is 15.3 Å². The monoisotopic (exact) mass is 482 g/mol. The number of nitrogens with one attached hydrogen (secondary N) is 1. The van der Waals surface area contributed by atoms with Gasteiger partial charge in [0.25, 0.3) is 0 Å². The van der Waals surface area contributed by atoms with Crippen LogP contribution in [0.2, 0.25) is 0 Å². The molecule has 7 nitrogen and oxygen atoms in total. The molecule has 4 aromatic rings. The van der Waals surface area contributed by atoms with Gasteiger partial charge in [-0.1, -0.05) is 30.3 Å². The number of ether oxygens (including phenoxy) is 2. The number of aromatic hydroxyl groups is 1. The Morgan fingerprint density at radius 1 is 0.972 bits per heavy atom. The Morgan fingerprint density at radius 3 is 2.67 bits per heavy atom. The molecule has 3 aromatic carbocycles. The Labute approximate surface area is 210 Å². The highest BCUT2D eigenvalue weighted by Crippen LogP contribution is 2.36. The van der Waals surface area contributed by atoms with Crippen molar-refractivity contribution in [3.8, 4) is 22.9 Å². The van der Waals surface area contributed by atoms with Crippen molar-refractivity contribution in [2.45, 2.75) is 43.9 Å². The summed E-state index contributed by atoms with van der Waals surface area (Å²) in [6.45, 7) is 3.14. The fourth-order valence-electron chi connectivity index (χ4n) is 6.01. The normalized spacial score (nSPS) is 23.6. The van der Waals surface area contributed by atoms with E-state index in [4.69, 9.17) is 19.4 Å². The quantitative estimate of drug-likeness (QED) is 0.428. The van der Waals surface area contributed by atoms with E-state index in [-0.39, 0.29) is 11.9 Å². The number of anilines is 1. The van der Waals surface area contributed by atoms with Crippen molar-refractivity contribution in [1.29, 1.82) is 0 Å². The van der Waals surface area contributed by atoms with Crippen molar-refractivity contribution in [3.63, 3.8) is 0 Å². The lowest BCUT2D eigenvalue weighted by atomic mass is 9.97. The van der Waals surface area contributed by atoms with Crippen molar-refractivity contribution in [2.24, 2.45) is 0 Å². The van der Waals surface area contributed by atoms with Crippen LogP contribution < -0.4 is 15.0 Å². The molecule has 2 N–H and O–H groups in total. The van der Waals surface area contributed by atoms with Gasteiger partial charge in [0, 0.05) is 37.2 Å². The van der Waals surface area contributed by atoms with E-state index in [1.54, 1.807) is 6.07 Å². The van der Waals surface area contributed by atoms with Gasteiger partial charge in [-0.2, -0.15) is 9.97 Å². The van der Waals surface area contributed by atoms with Gasteiger partial charge in [-0.15, -0.1) is 0 Å². The maximum Gasteiger partial charge on any atom is 0.319 e. The molecule has 0 saturated carbocycles. The average Bonchev–Trinajstić information content (AvgIpc) is 3.55. The average molecular weight is 483 g/mol. The first kappa shape index (κ1) is 21.8. The number of aromatic nitrogens is 2. The lowest BCUT2D eigenvalue weighted by molar-refractivity contribution is 0.0647. The van der Waals surface area contributed by atoms with Crippen LogP contribution in [-0.2, 0) is 4.74 Å². The first-order valence-electron chi connectivity index (χ1n) is 13.0. The first-order chi connectivity index (χ1) is 17.7. The van der Waals surface area contributed by atoms with Crippen LogP contribution in [0.5, 0.6) is 11.8 Å². The summed E-state index contributed by atoms with van der Waals surface area (Å²) in [7, 11) is 0. The van der Waals surface area contributed by atoms with E-state index < -0.39 is 0 Å². The van der Waals surface area contributed by atoms with Crippen LogP contribution in [0.4, 0.5) is 5.82 Å². The van der Waals surface area contributed by atoms with Crippen molar-refractivity contribution >= 4 is 27.5 Å². The molecule has 4 heterocycles. The molecule has 2 bridgehead atoms. The van der Waals surface area contributed by atoms with Crippen LogP contribution in [0, 0.1) is 0 Å². The van der Waals surface area contributed by atoms with Gasteiger partial charge in [-0.05, 0) is 71.8 Å². The van der Waals surface area contributed by atoms with Gasteiger partial charge in [0.05, 0.1) is 11.6 Å². The van der Waals surface area contributed by atoms with Gasteiger partial charge in [0.2, 0.25) is 0 Å². The molecule has 0 aliphatic carbocycles. The molecule has 0 spiro atoms. The fourth-order valence-corrected chi connectivity index (χ4v) is 6.01. The molecule has 0 amide bonds. The third kappa shape index (κ3) is 4.02. The van der Waals surface area contributed by atoms with Crippen LogP contribution in [0.25, 0.3) is 32.8 Å². The van der Waals surface area contributed by atoms with E-state index in [9.17, 15) is 5.11 Å². The Bertz CT molecular complexity index is 1420. The molecule has 3 atom stereocenters. The molecule has 1 aromatic heterocycles. The Kier molecular flexibility index (Phi) is 5.40.